The van der Waals surface area contributed by atoms with Crippen LogP contribution in [0.2, 0.25) is 0 Å². The smallest absolute Gasteiger partial charge is 0.240 e. The first-order valence-corrected chi connectivity index (χ1v) is 8.16. The van der Waals surface area contributed by atoms with E-state index in [0.717, 1.165) is 37.0 Å². The van der Waals surface area contributed by atoms with E-state index in [9.17, 15) is 4.79 Å². The Morgan fingerprint density at radius 1 is 1.29 bits per heavy atom. The average molecular weight is 311 g/mol. The Morgan fingerprint density at radius 3 is 2.57 bits per heavy atom. The minimum atomic E-state index is -0.451. The Labute approximate surface area is 130 Å². The third-order valence-corrected chi connectivity index (χ3v) is 4.66. The fourth-order valence-corrected chi connectivity index (χ4v) is 3.04. The monoisotopic (exact) mass is 311 g/mol. The van der Waals surface area contributed by atoms with Gasteiger partial charge in [0.1, 0.15) is 5.82 Å². The van der Waals surface area contributed by atoms with Crippen LogP contribution in [-0.4, -0.2) is 52.4 Å². The van der Waals surface area contributed by atoms with Gasteiger partial charge in [0.05, 0.1) is 6.04 Å². The summed E-state index contributed by atoms with van der Waals surface area (Å²) in [5.74, 6) is 0.861. The second-order valence-electron chi connectivity index (χ2n) is 6.63. The topological polar surface area (TPSA) is 75.4 Å². The Bertz CT molecular complexity index is 496. The van der Waals surface area contributed by atoms with Gasteiger partial charge in [-0.05, 0) is 18.8 Å². The molecule has 1 aliphatic rings. The molecule has 0 aromatic carbocycles. The zero-order valence-corrected chi connectivity index (χ0v) is 14.1. The van der Waals surface area contributed by atoms with Crippen LogP contribution in [0.15, 0.2) is 0 Å². The molecule has 7 heteroatoms. The molecule has 1 aromatic heterocycles. The number of hydrogen-bond acceptors (Lipinski definition) is 6. The van der Waals surface area contributed by atoms with Crippen molar-refractivity contribution in [1.82, 2.24) is 14.3 Å². The highest BCUT2D eigenvalue weighted by molar-refractivity contribution is 7.09. The predicted molar refractivity (Wildman–Crippen MR) is 85.5 cm³/mol. The molecule has 1 aliphatic heterocycles. The van der Waals surface area contributed by atoms with Gasteiger partial charge in [0.15, 0.2) is 0 Å². The number of hydrogen-bond donors (Lipinski definition) is 1. The van der Waals surface area contributed by atoms with Gasteiger partial charge in [-0.25, -0.2) is 4.98 Å². The summed E-state index contributed by atoms with van der Waals surface area (Å²) in [7, 11) is 0. The summed E-state index contributed by atoms with van der Waals surface area (Å²) < 4.78 is 4.23. The van der Waals surface area contributed by atoms with Crippen molar-refractivity contribution < 1.29 is 4.79 Å². The summed E-state index contributed by atoms with van der Waals surface area (Å²) in [6.07, 6.45) is 0.932. The lowest BCUT2D eigenvalue weighted by Crippen LogP contribution is -2.51. The van der Waals surface area contributed by atoms with Crippen LogP contribution in [0.25, 0.3) is 0 Å². The van der Waals surface area contributed by atoms with Gasteiger partial charge in [0, 0.05) is 37.7 Å². The molecule has 21 heavy (non-hydrogen) atoms. The fraction of sp³-hybridized carbons (Fsp3) is 0.786. The van der Waals surface area contributed by atoms with Crippen LogP contribution >= 0.6 is 11.5 Å². The quantitative estimate of drug-likeness (QED) is 0.890. The van der Waals surface area contributed by atoms with E-state index in [1.807, 2.05) is 32.6 Å². The van der Waals surface area contributed by atoms with Crippen molar-refractivity contribution >= 4 is 22.6 Å². The highest BCUT2D eigenvalue weighted by Crippen LogP contribution is 2.22. The molecule has 0 unspecified atom stereocenters. The fourth-order valence-electron chi connectivity index (χ4n) is 2.31. The van der Waals surface area contributed by atoms with E-state index < -0.39 is 6.04 Å². The first-order chi connectivity index (χ1) is 9.79. The van der Waals surface area contributed by atoms with E-state index >= 15 is 0 Å². The van der Waals surface area contributed by atoms with Gasteiger partial charge in [-0.3, -0.25) is 4.79 Å². The highest BCUT2D eigenvalue weighted by Gasteiger charge is 2.32. The van der Waals surface area contributed by atoms with Crippen LogP contribution in [-0.2, 0) is 4.79 Å². The van der Waals surface area contributed by atoms with Crippen molar-refractivity contribution in [2.45, 2.75) is 40.2 Å². The van der Waals surface area contributed by atoms with Crippen LogP contribution in [0.3, 0.4) is 0 Å². The second-order valence-corrected chi connectivity index (χ2v) is 7.36. The van der Waals surface area contributed by atoms with Gasteiger partial charge in [0.2, 0.25) is 11.0 Å². The summed E-state index contributed by atoms with van der Waals surface area (Å²) in [6, 6.07) is -0.451. The van der Waals surface area contributed by atoms with Gasteiger partial charge >= 0.3 is 0 Å². The van der Waals surface area contributed by atoms with E-state index in [-0.39, 0.29) is 11.3 Å². The maximum Gasteiger partial charge on any atom is 0.240 e. The number of nitrogens with zero attached hydrogens (tertiary/aromatic N) is 4. The van der Waals surface area contributed by atoms with Gasteiger partial charge in [-0.1, -0.05) is 20.8 Å². The van der Waals surface area contributed by atoms with E-state index in [2.05, 4.69) is 14.3 Å². The Balaban J connectivity index is 1.99. The molecule has 1 saturated heterocycles. The van der Waals surface area contributed by atoms with Crippen LogP contribution in [0.1, 0.15) is 33.0 Å². The Kier molecular flexibility index (Phi) is 4.83. The highest BCUT2D eigenvalue weighted by atomic mass is 32.1. The molecule has 118 valence electrons. The van der Waals surface area contributed by atoms with Crippen molar-refractivity contribution in [2.75, 3.05) is 31.1 Å². The number of nitrogens with two attached hydrogens (primary N) is 1. The summed E-state index contributed by atoms with van der Waals surface area (Å²) in [6.45, 7) is 11.1. The minimum Gasteiger partial charge on any atom is -0.345 e. The maximum absolute atomic E-state index is 12.5. The summed E-state index contributed by atoms with van der Waals surface area (Å²) in [5.41, 5.74) is 5.89. The number of carbonyl (C=O) groups excluding carboxylic acids is 1. The van der Waals surface area contributed by atoms with Crippen LogP contribution in [0.4, 0.5) is 5.13 Å². The molecule has 1 atom stereocenters. The molecule has 2 heterocycles. The number of aryl methyl sites for hydroxylation is 1. The number of rotatable bonds is 2. The molecule has 2 rings (SSSR count). The molecule has 0 radical (unpaired) electrons. The van der Waals surface area contributed by atoms with Gasteiger partial charge in [0.25, 0.3) is 0 Å². The van der Waals surface area contributed by atoms with Crippen LogP contribution in [0, 0.1) is 12.3 Å². The van der Waals surface area contributed by atoms with Crippen molar-refractivity contribution in [3.8, 4) is 0 Å². The minimum absolute atomic E-state index is 0.0535. The van der Waals surface area contributed by atoms with E-state index in [1.165, 1.54) is 11.5 Å². The SMILES string of the molecule is Cc1nsc(N2CCCN(C(=O)[C@@H](N)C(C)(C)C)CC2)n1. The lowest BCUT2D eigenvalue weighted by molar-refractivity contribution is -0.134. The third kappa shape index (κ3) is 3.91. The zero-order valence-electron chi connectivity index (χ0n) is 13.3. The Morgan fingerprint density at radius 2 is 2.00 bits per heavy atom. The molecule has 0 bridgehead atoms. The molecule has 0 saturated carbocycles. The lowest BCUT2D eigenvalue weighted by atomic mass is 9.86. The molecule has 1 aromatic rings. The molecule has 1 fully saturated rings. The van der Waals surface area contributed by atoms with Crippen molar-refractivity contribution in [3.63, 3.8) is 0 Å². The molecule has 6 nitrogen and oxygen atoms in total. The Hall–Kier alpha value is -1.21. The predicted octanol–water partition coefficient (Wildman–Crippen LogP) is 1.26. The number of anilines is 1. The normalized spacial score (nSPS) is 18.5. The third-order valence-electron chi connectivity index (χ3n) is 3.79. The van der Waals surface area contributed by atoms with Crippen molar-refractivity contribution in [2.24, 2.45) is 11.1 Å². The molecular formula is C14H25N5OS. The molecular weight excluding hydrogens is 286 g/mol. The number of amides is 1. The lowest BCUT2D eigenvalue weighted by Gasteiger charge is -2.31. The summed E-state index contributed by atoms with van der Waals surface area (Å²) in [5, 5.41) is 0.946. The van der Waals surface area contributed by atoms with Gasteiger partial charge in [-0.15, -0.1) is 0 Å². The van der Waals surface area contributed by atoms with Crippen molar-refractivity contribution in [1.29, 1.82) is 0 Å². The zero-order chi connectivity index (χ0) is 15.6. The summed E-state index contributed by atoms with van der Waals surface area (Å²) in [4.78, 5) is 21.0. The molecule has 0 aliphatic carbocycles. The summed E-state index contributed by atoms with van der Waals surface area (Å²) >= 11 is 1.42. The van der Waals surface area contributed by atoms with Gasteiger partial charge < -0.3 is 15.5 Å². The first kappa shape index (κ1) is 16.2. The molecule has 0 spiro atoms. The molecule has 1 amide bonds. The average Bonchev–Trinajstić information content (AvgIpc) is 2.70. The number of carbonyl (C=O) groups is 1. The van der Waals surface area contributed by atoms with Crippen LogP contribution < -0.4 is 10.6 Å². The number of aromatic nitrogens is 2. The van der Waals surface area contributed by atoms with Crippen molar-refractivity contribution in [3.05, 3.63) is 5.82 Å². The largest absolute Gasteiger partial charge is 0.345 e. The van der Waals surface area contributed by atoms with E-state index in [0.29, 0.717) is 6.54 Å². The van der Waals surface area contributed by atoms with Crippen LogP contribution in [0.5, 0.6) is 0 Å². The first-order valence-electron chi connectivity index (χ1n) is 7.38. The van der Waals surface area contributed by atoms with E-state index in [4.69, 9.17) is 5.73 Å². The molecule has 2 N–H and O–H groups in total. The van der Waals surface area contributed by atoms with E-state index in [1.54, 1.807) is 0 Å². The maximum atomic E-state index is 12.5. The van der Waals surface area contributed by atoms with Gasteiger partial charge in [-0.2, -0.15) is 4.37 Å². The second kappa shape index (κ2) is 6.27. The standard InChI is InChI=1S/C14H25N5OS/c1-10-16-13(21-17-10)19-7-5-6-18(8-9-19)12(20)11(15)14(2,3)4/h11H,5-9,15H2,1-4H3/t11-/m1/s1.